The van der Waals surface area contributed by atoms with Gasteiger partial charge in [-0.3, -0.25) is 9.59 Å². The van der Waals surface area contributed by atoms with Gasteiger partial charge in [0.1, 0.15) is 5.78 Å². The molecular weight excluding hydrogens is 438 g/mol. The van der Waals surface area contributed by atoms with Crippen molar-refractivity contribution in [2.45, 2.75) is 70.1 Å². The zero-order valence-corrected chi connectivity index (χ0v) is 20.7. The average Bonchev–Trinajstić information content (AvgIpc) is 2.80. The fourth-order valence-corrected chi connectivity index (χ4v) is 7.31. The van der Waals surface area contributed by atoms with Gasteiger partial charge in [-0.2, -0.15) is 4.31 Å². The molecule has 1 aromatic rings. The molecule has 1 aromatic carbocycles. The SMILES string of the molecule is CCN(CC)S(=O)(=O)c1ccc(N2CCCCC2)c(NC(=O)C2CC3CCCC(C2)C3=O)c1. The van der Waals surface area contributed by atoms with Crippen LogP contribution in [0.2, 0.25) is 0 Å². The highest BCUT2D eigenvalue weighted by Gasteiger charge is 2.41. The summed E-state index contributed by atoms with van der Waals surface area (Å²) in [5, 5.41) is 3.09. The number of anilines is 2. The van der Waals surface area contributed by atoms with Crippen LogP contribution in [0.3, 0.4) is 0 Å². The number of nitrogens with one attached hydrogen (secondary N) is 1. The molecule has 0 aromatic heterocycles. The van der Waals surface area contributed by atoms with Gasteiger partial charge in [0.25, 0.3) is 0 Å². The third kappa shape index (κ3) is 4.97. The molecule has 8 heteroatoms. The molecule has 2 unspecified atom stereocenters. The number of hydrogen-bond donors (Lipinski definition) is 1. The van der Waals surface area contributed by atoms with Crippen molar-refractivity contribution < 1.29 is 18.0 Å². The first-order valence-corrected chi connectivity index (χ1v) is 14.0. The Morgan fingerprint density at radius 3 is 2.27 bits per heavy atom. The number of piperidine rings is 1. The zero-order valence-electron chi connectivity index (χ0n) is 19.9. The molecule has 0 radical (unpaired) electrons. The molecule has 3 fully saturated rings. The maximum absolute atomic E-state index is 13.3. The van der Waals surface area contributed by atoms with Crippen molar-refractivity contribution >= 4 is 33.1 Å². The zero-order chi connectivity index (χ0) is 23.6. The van der Waals surface area contributed by atoms with E-state index in [0.29, 0.717) is 37.4 Å². The molecule has 2 bridgehead atoms. The summed E-state index contributed by atoms with van der Waals surface area (Å²) in [4.78, 5) is 28.3. The Labute approximate surface area is 198 Å². The Bertz CT molecular complexity index is 967. The number of carbonyl (C=O) groups excluding carboxylic acids is 2. The normalized spacial score (nSPS) is 25.8. The monoisotopic (exact) mass is 475 g/mol. The second kappa shape index (κ2) is 10.1. The minimum Gasteiger partial charge on any atom is -0.370 e. The van der Waals surface area contributed by atoms with Crippen LogP contribution in [-0.4, -0.2) is 50.6 Å². The van der Waals surface area contributed by atoms with Crippen LogP contribution >= 0.6 is 0 Å². The largest absolute Gasteiger partial charge is 0.370 e. The van der Waals surface area contributed by atoms with E-state index < -0.39 is 10.0 Å². The third-order valence-electron chi connectivity index (χ3n) is 7.68. The summed E-state index contributed by atoms with van der Waals surface area (Å²) >= 11 is 0. The maximum atomic E-state index is 13.3. The molecule has 2 saturated carbocycles. The van der Waals surface area contributed by atoms with Crippen LogP contribution in [0.25, 0.3) is 0 Å². The highest BCUT2D eigenvalue weighted by atomic mass is 32.2. The van der Waals surface area contributed by atoms with E-state index in [4.69, 9.17) is 0 Å². The van der Waals surface area contributed by atoms with Crippen molar-refractivity contribution in [1.29, 1.82) is 0 Å². The number of rotatable bonds is 7. The number of benzene rings is 1. The lowest BCUT2D eigenvalue weighted by atomic mass is 9.67. The van der Waals surface area contributed by atoms with Crippen LogP contribution < -0.4 is 10.2 Å². The number of fused-ring (bicyclic) bond motifs is 2. The summed E-state index contributed by atoms with van der Waals surface area (Å²) in [6.07, 6.45) is 7.41. The molecule has 0 spiro atoms. The molecule has 2 aliphatic carbocycles. The number of Topliss-reactive ketones (excluding diaryl/α,β-unsaturated/α-hetero) is 1. The molecule has 7 nitrogen and oxygen atoms in total. The van der Waals surface area contributed by atoms with Gasteiger partial charge in [0, 0.05) is 43.9 Å². The molecule has 1 saturated heterocycles. The van der Waals surface area contributed by atoms with E-state index in [1.165, 1.54) is 10.7 Å². The minimum atomic E-state index is -3.63. The fourth-order valence-electron chi connectivity index (χ4n) is 5.83. The van der Waals surface area contributed by atoms with Gasteiger partial charge in [-0.15, -0.1) is 0 Å². The summed E-state index contributed by atoms with van der Waals surface area (Å²) in [5.74, 6) is 0.0605. The first-order chi connectivity index (χ1) is 15.8. The maximum Gasteiger partial charge on any atom is 0.243 e. The van der Waals surface area contributed by atoms with Crippen molar-refractivity contribution in [2.24, 2.45) is 17.8 Å². The van der Waals surface area contributed by atoms with Crippen LogP contribution in [0.5, 0.6) is 0 Å². The number of amides is 1. The summed E-state index contributed by atoms with van der Waals surface area (Å²) in [6.45, 7) is 6.24. The molecule has 2 atom stereocenters. The lowest BCUT2D eigenvalue weighted by Gasteiger charge is -2.37. The average molecular weight is 476 g/mol. The van der Waals surface area contributed by atoms with Gasteiger partial charge >= 0.3 is 0 Å². The lowest BCUT2D eigenvalue weighted by molar-refractivity contribution is -0.136. The van der Waals surface area contributed by atoms with Crippen molar-refractivity contribution in [2.75, 3.05) is 36.4 Å². The van der Waals surface area contributed by atoms with Crippen LogP contribution in [0, 0.1) is 17.8 Å². The van der Waals surface area contributed by atoms with E-state index >= 15 is 0 Å². The molecule has 1 aliphatic heterocycles. The predicted octanol–water partition coefficient (Wildman–Crippen LogP) is 4.04. The highest BCUT2D eigenvalue weighted by Crippen LogP contribution is 2.41. The Hall–Kier alpha value is -1.93. The Kier molecular flexibility index (Phi) is 7.43. The summed E-state index contributed by atoms with van der Waals surface area (Å²) in [6, 6.07) is 5.14. The van der Waals surface area contributed by atoms with Crippen molar-refractivity contribution in [3.63, 3.8) is 0 Å². The quantitative estimate of drug-likeness (QED) is 0.643. The van der Waals surface area contributed by atoms with Crippen LogP contribution in [0.1, 0.15) is 65.2 Å². The highest BCUT2D eigenvalue weighted by molar-refractivity contribution is 7.89. The Balaban J connectivity index is 1.62. The second-order valence-corrected chi connectivity index (χ2v) is 11.6. The van der Waals surface area contributed by atoms with E-state index in [1.807, 2.05) is 19.9 Å². The molecule has 1 heterocycles. The van der Waals surface area contributed by atoms with Gasteiger partial charge in [0.05, 0.1) is 16.3 Å². The van der Waals surface area contributed by atoms with Gasteiger partial charge in [-0.05, 0) is 63.1 Å². The Morgan fingerprint density at radius 1 is 1.03 bits per heavy atom. The molecule has 182 valence electrons. The van der Waals surface area contributed by atoms with E-state index in [2.05, 4.69) is 10.2 Å². The van der Waals surface area contributed by atoms with E-state index in [0.717, 1.165) is 50.9 Å². The molecule has 1 amide bonds. The number of ketones is 1. The third-order valence-corrected chi connectivity index (χ3v) is 9.73. The summed E-state index contributed by atoms with van der Waals surface area (Å²) in [5.41, 5.74) is 1.45. The standard InChI is InChI=1S/C25H37N3O4S/c1-3-28(4-2)33(31,32)21-11-12-23(27-13-6-5-7-14-27)22(17-21)26-25(30)20-15-18-9-8-10-19(16-20)24(18)29/h11-12,17-20H,3-10,13-16H2,1-2H3,(H,26,30). The minimum absolute atomic E-state index is 0.00388. The second-order valence-electron chi connectivity index (χ2n) is 9.70. The molecule has 3 aliphatic rings. The first-order valence-electron chi connectivity index (χ1n) is 12.6. The number of nitrogens with zero attached hydrogens (tertiary/aromatic N) is 2. The van der Waals surface area contributed by atoms with E-state index in [1.54, 1.807) is 12.1 Å². The molecule has 33 heavy (non-hydrogen) atoms. The summed E-state index contributed by atoms with van der Waals surface area (Å²) in [7, 11) is -3.63. The first kappa shape index (κ1) is 24.2. The van der Waals surface area contributed by atoms with Crippen LogP contribution in [0.4, 0.5) is 11.4 Å². The topological polar surface area (TPSA) is 86.8 Å². The number of sulfonamides is 1. The van der Waals surface area contributed by atoms with Crippen molar-refractivity contribution in [3.05, 3.63) is 18.2 Å². The Morgan fingerprint density at radius 2 is 1.67 bits per heavy atom. The van der Waals surface area contributed by atoms with Gasteiger partial charge in [-0.1, -0.05) is 20.3 Å². The van der Waals surface area contributed by atoms with Gasteiger partial charge in [0.2, 0.25) is 15.9 Å². The fraction of sp³-hybridized carbons (Fsp3) is 0.680. The van der Waals surface area contributed by atoms with E-state index in [-0.39, 0.29) is 28.6 Å². The predicted molar refractivity (Wildman–Crippen MR) is 130 cm³/mol. The molecule has 4 rings (SSSR count). The van der Waals surface area contributed by atoms with Crippen LogP contribution in [-0.2, 0) is 19.6 Å². The van der Waals surface area contributed by atoms with Gasteiger partial charge < -0.3 is 10.2 Å². The smallest absolute Gasteiger partial charge is 0.243 e. The van der Waals surface area contributed by atoms with E-state index in [9.17, 15) is 18.0 Å². The van der Waals surface area contributed by atoms with Crippen molar-refractivity contribution in [1.82, 2.24) is 4.31 Å². The number of carbonyl (C=O) groups is 2. The number of hydrogen-bond acceptors (Lipinski definition) is 5. The lowest BCUT2D eigenvalue weighted by Crippen LogP contribution is -2.40. The van der Waals surface area contributed by atoms with Crippen LogP contribution in [0.15, 0.2) is 23.1 Å². The van der Waals surface area contributed by atoms with Gasteiger partial charge in [0.15, 0.2) is 0 Å². The molecular formula is C25H37N3O4S. The summed E-state index contributed by atoms with van der Waals surface area (Å²) < 4.78 is 27.7. The van der Waals surface area contributed by atoms with Gasteiger partial charge in [-0.25, -0.2) is 8.42 Å². The molecule has 1 N–H and O–H groups in total. The van der Waals surface area contributed by atoms with Crippen molar-refractivity contribution in [3.8, 4) is 0 Å².